The second-order valence-electron chi connectivity index (χ2n) is 4.51. The molecular formula is C14H18N2O6. The summed E-state index contributed by atoms with van der Waals surface area (Å²) in [5, 5.41) is 21.9. The molecule has 0 aliphatic rings. The van der Waals surface area contributed by atoms with Crippen LogP contribution >= 0.6 is 0 Å². The summed E-state index contributed by atoms with van der Waals surface area (Å²) >= 11 is 0. The number of carboxylic acid groups (broad SMARTS) is 1. The van der Waals surface area contributed by atoms with Gasteiger partial charge in [-0.25, -0.2) is 9.59 Å². The second-order valence-corrected chi connectivity index (χ2v) is 4.51. The van der Waals surface area contributed by atoms with E-state index >= 15 is 0 Å². The largest absolute Gasteiger partial charge is 0.480 e. The molecule has 0 bridgehead atoms. The second kappa shape index (κ2) is 8.63. The Bertz CT molecular complexity index is 519. The van der Waals surface area contributed by atoms with E-state index in [0.717, 1.165) is 5.56 Å². The first-order chi connectivity index (χ1) is 10.4. The molecule has 0 aromatic heterocycles. The smallest absolute Gasteiger partial charge is 0.408 e. The lowest BCUT2D eigenvalue weighted by molar-refractivity contribution is -0.143. The van der Waals surface area contributed by atoms with Crippen molar-refractivity contribution in [3.8, 4) is 0 Å². The SMILES string of the molecule is CC(NC(=O)OCc1ccccc1)C(=O)N[C@H](CO)C(=O)O. The Morgan fingerprint density at radius 1 is 1.18 bits per heavy atom. The van der Waals surface area contributed by atoms with Crippen molar-refractivity contribution < 1.29 is 29.3 Å². The summed E-state index contributed by atoms with van der Waals surface area (Å²) in [5.41, 5.74) is 0.793. The highest BCUT2D eigenvalue weighted by atomic mass is 16.5. The highest BCUT2D eigenvalue weighted by Gasteiger charge is 2.23. The lowest BCUT2D eigenvalue weighted by Crippen LogP contribution is -2.51. The van der Waals surface area contributed by atoms with Crippen LogP contribution in [-0.4, -0.2) is 46.9 Å². The van der Waals surface area contributed by atoms with Crippen molar-refractivity contribution in [3.05, 3.63) is 35.9 Å². The first kappa shape index (κ1) is 17.4. The summed E-state index contributed by atoms with van der Waals surface area (Å²) in [6.45, 7) is 0.678. The first-order valence-corrected chi connectivity index (χ1v) is 6.55. The number of aliphatic carboxylic acids is 1. The molecule has 1 unspecified atom stereocenters. The van der Waals surface area contributed by atoms with Crippen molar-refractivity contribution in [1.82, 2.24) is 10.6 Å². The zero-order chi connectivity index (χ0) is 16.5. The quantitative estimate of drug-likeness (QED) is 0.555. The fraction of sp³-hybridized carbons (Fsp3) is 0.357. The molecule has 22 heavy (non-hydrogen) atoms. The lowest BCUT2D eigenvalue weighted by Gasteiger charge is -2.17. The fourth-order valence-electron chi connectivity index (χ4n) is 1.49. The van der Waals surface area contributed by atoms with E-state index in [4.69, 9.17) is 14.9 Å². The molecule has 2 atom stereocenters. The number of carbonyl (C=O) groups is 3. The number of ether oxygens (including phenoxy) is 1. The average molecular weight is 310 g/mol. The molecule has 0 spiro atoms. The van der Waals surface area contributed by atoms with Gasteiger partial charge in [0.25, 0.3) is 0 Å². The van der Waals surface area contributed by atoms with Crippen molar-refractivity contribution >= 4 is 18.0 Å². The third-order valence-electron chi connectivity index (χ3n) is 2.74. The van der Waals surface area contributed by atoms with E-state index in [-0.39, 0.29) is 6.61 Å². The molecule has 0 radical (unpaired) electrons. The highest BCUT2D eigenvalue weighted by Crippen LogP contribution is 2.00. The van der Waals surface area contributed by atoms with Crippen LogP contribution in [-0.2, 0) is 20.9 Å². The van der Waals surface area contributed by atoms with Crippen molar-refractivity contribution in [2.75, 3.05) is 6.61 Å². The summed E-state index contributed by atoms with van der Waals surface area (Å²) in [7, 11) is 0. The van der Waals surface area contributed by atoms with Crippen LogP contribution in [0.5, 0.6) is 0 Å². The highest BCUT2D eigenvalue weighted by molar-refractivity contribution is 5.88. The molecule has 2 amide bonds. The lowest BCUT2D eigenvalue weighted by atomic mass is 10.2. The van der Waals surface area contributed by atoms with Crippen LogP contribution in [0.4, 0.5) is 4.79 Å². The summed E-state index contributed by atoms with van der Waals surface area (Å²) in [6.07, 6.45) is -0.803. The molecular weight excluding hydrogens is 292 g/mol. The monoisotopic (exact) mass is 310 g/mol. The Balaban J connectivity index is 2.39. The molecule has 4 N–H and O–H groups in total. The Morgan fingerprint density at radius 3 is 2.36 bits per heavy atom. The van der Waals surface area contributed by atoms with Crippen LogP contribution in [0.1, 0.15) is 12.5 Å². The number of nitrogens with one attached hydrogen (secondary N) is 2. The van der Waals surface area contributed by atoms with Gasteiger partial charge in [-0.2, -0.15) is 0 Å². The van der Waals surface area contributed by atoms with Crippen LogP contribution in [0.15, 0.2) is 30.3 Å². The molecule has 0 saturated heterocycles. The number of benzene rings is 1. The maximum atomic E-state index is 11.7. The van der Waals surface area contributed by atoms with Crippen LogP contribution < -0.4 is 10.6 Å². The Kier molecular flexibility index (Phi) is 6.84. The van der Waals surface area contributed by atoms with E-state index in [0.29, 0.717) is 0 Å². The van der Waals surface area contributed by atoms with E-state index < -0.39 is 36.7 Å². The van der Waals surface area contributed by atoms with Gasteiger partial charge in [-0.05, 0) is 12.5 Å². The van der Waals surface area contributed by atoms with Gasteiger partial charge >= 0.3 is 12.1 Å². The van der Waals surface area contributed by atoms with Crippen molar-refractivity contribution in [3.63, 3.8) is 0 Å². The third-order valence-corrected chi connectivity index (χ3v) is 2.74. The third kappa shape index (κ3) is 5.80. The number of rotatable bonds is 7. The number of amides is 2. The summed E-state index contributed by atoms with van der Waals surface area (Å²) in [5.74, 6) is -2.10. The van der Waals surface area contributed by atoms with Crippen molar-refractivity contribution in [2.45, 2.75) is 25.6 Å². The summed E-state index contributed by atoms with van der Waals surface area (Å²) < 4.78 is 4.93. The van der Waals surface area contributed by atoms with Crippen molar-refractivity contribution in [1.29, 1.82) is 0 Å². The van der Waals surface area contributed by atoms with Gasteiger partial charge in [-0.3, -0.25) is 4.79 Å². The molecule has 8 nitrogen and oxygen atoms in total. The van der Waals surface area contributed by atoms with Gasteiger partial charge in [0.1, 0.15) is 18.7 Å². The average Bonchev–Trinajstić information content (AvgIpc) is 2.50. The molecule has 0 aliphatic carbocycles. The number of aliphatic hydroxyl groups excluding tert-OH is 1. The zero-order valence-corrected chi connectivity index (χ0v) is 12.0. The molecule has 0 saturated carbocycles. The standard InChI is InChI=1S/C14H18N2O6/c1-9(12(18)16-11(7-17)13(19)20)15-14(21)22-8-10-5-3-2-4-6-10/h2-6,9,11,17H,7-8H2,1H3,(H,15,21)(H,16,18)(H,19,20)/t9?,11-/m1/s1. The van der Waals surface area contributed by atoms with Gasteiger partial charge in [-0.15, -0.1) is 0 Å². The number of alkyl carbamates (subject to hydrolysis) is 1. The molecule has 0 heterocycles. The Morgan fingerprint density at radius 2 is 1.82 bits per heavy atom. The molecule has 8 heteroatoms. The van der Waals surface area contributed by atoms with Gasteiger partial charge in [-0.1, -0.05) is 30.3 Å². The fourth-order valence-corrected chi connectivity index (χ4v) is 1.49. The number of carbonyl (C=O) groups excluding carboxylic acids is 2. The van der Waals surface area contributed by atoms with E-state index in [1.54, 1.807) is 24.3 Å². The molecule has 0 fully saturated rings. The predicted octanol–water partition coefficient (Wildman–Crippen LogP) is -0.137. The minimum Gasteiger partial charge on any atom is -0.480 e. The normalized spacial score (nSPS) is 12.8. The number of carboxylic acids is 1. The van der Waals surface area contributed by atoms with Gasteiger partial charge in [0.2, 0.25) is 5.91 Å². The maximum Gasteiger partial charge on any atom is 0.408 e. The van der Waals surface area contributed by atoms with Gasteiger partial charge in [0, 0.05) is 0 Å². The van der Waals surface area contributed by atoms with Gasteiger partial charge < -0.3 is 25.6 Å². The topological polar surface area (TPSA) is 125 Å². The molecule has 120 valence electrons. The van der Waals surface area contributed by atoms with E-state index in [1.165, 1.54) is 6.92 Å². The van der Waals surface area contributed by atoms with Crippen molar-refractivity contribution in [2.24, 2.45) is 0 Å². The van der Waals surface area contributed by atoms with Crippen LogP contribution in [0.2, 0.25) is 0 Å². The molecule has 1 rings (SSSR count). The minimum atomic E-state index is -1.42. The first-order valence-electron chi connectivity index (χ1n) is 6.55. The van der Waals surface area contributed by atoms with E-state index in [9.17, 15) is 14.4 Å². The number of hydrogen-bond acceptors (Lipinski definition) is 5. The van der Waals surface area contributed by atoms with Crippen LogP contribution in [0.25, 0.3) is 0 Å². The van der Waals surface area contributed by atoms with Crippen LogP contribution in [0.3, 0.4) is 0 Å². The minimum absolute atomic E-state index is 0.0510. The van der Waals surface area contributed by atoms with E-state index in [1.807, 2.05) is 6.07 Å². The Labute approximate surface area is 127 Å². The van der Waals surface area contributed by atoms with Gasteiger partial charge in [0.05, 0.1) is 6.61 Å². The van der Waals surface area contributed by atoms with Crippen LogP contribution in [0, 0.1) is 0 Å². The van der Waals surface area contributed by atoms with E-state index in [2.05, 4.69) is 10.6 Å². The Hall–Kier alpha value is -2.61. The number of aliphatic hydroxyl groups is 1. The summed E-state index contributed by atoms with van der Waals surface area (Å²) in [4.78, 5) is 33.9. The predicted molar refractivity (Wildman–Crippen MR) is 75.9 cm³/mol. The van der Waals surface area contributed by atoms with Gasteiger partial charge in [0.15, 0.2) is 0 Å². The number of hydrogen-bond donors (Lipinski definition) is 4. The maximum absolute atomic E-state index is 11.7. The summed E-state index contributed by atoms with van der Waals surface area (Å²) in [6, 6.07) is 6.57. The molecule has 1 aromatic carbocycles. The molecule has 0 aliphatic heterocycles. The molecule has 1 aromatic rings. The zero-order valence-electron chi connectivity index (χ0n) is 12.0.